The molecule has 1 aromatic heterocycles. The van der Waals surface area contributed by atoms with Gasteiger partial charge in [-0.25, -0.2) is 0 Å². The first-order valence-corrected chi connectivity index (χ1v) is 8.81. The summed E-state index contributed by atoms with van der Waals surface area (Å²) in [5, 5.41) is 2.85. The molecule has 25 heavy (non-hydrogen) atoms. The summed E-state index contributed by atoms with van der Waals surface area (Å²) < 4.78 is 8.24. The van der Waals surface area contributed by atoms with E-state index in [-0.39, 0.29) is 10.8 Å². The van der Waals surface area contributed by atoms with Gasteiger partial charge in [-0.1, -0.05) is 23.5 Å². The van der Waals surface area contributed by atoms with Crippen LogP contribution >= 0.6 is 11.3 Å². The highest BCUT2D eigenvalue weighted by Crippen LogP contribution is 2.23. The van der Waals surface area contributed by atoms with Gasteiger partial charge in [0.25, 0.3) is 5.91 Å². The maximum Gasteiger partial charge on any atom is 0.307 e. The van der Waals surface area contributed by atoms with E-state index in [1.54, 1.807) is 24.6 Å². The second-order valence-corrected chi connectivity index (χ2v) is 7.12. The molecule has 0 unspecified atom stereocenters. The van der Waals surface area contributed by atoms with Crippen molar-refractivity contribution in [2.24, 2.45) is 7.05 Å². The fourth-order valence-electron chi connectivity index (χ4n) is 2.53. The number of nitrogens with zero attached hydrogens (tertiary/aromatic N) is 1. The third-order valence-electron chi connectivity index (χ3n) is 4.08. The van der Waals surface area contributed by atoms with Crippen LogP contribution in [0.2, 0.25) is 0 Å². The average molecular weight is 356 g/mol. The zero-order valence-corrected chi connectivity index (χ0v) is 15.4. The smallest absolute Gasteiger partial charge is 0.307 e. The summed E-state index contributed by atoms with van der Waals surface area (Å²) in [5.41, 5.74) is 3.57. The van der Waals surface area contributed by atoms with Crippen molar-refractivity contribution in [3.8, 4) is 5.75 Å². The Morgan fingerprint density at radius 2 is 1.96 bits per heavy atom. The average Bonchev–Trinajstić information content (AvgIpc) is 2.85. The molecule has 1 heterocycles. The van der Waals surface area contributed by atoms with Crippen molar-refractivity contribution in [3.05, 3.63) is 57.2 Å². The highest BCUT2D eigenvalue weighted by atomic mass is 32.1. The Bertz CT molecular complexity index is 1000. The van der Waals surface area contributed by atoms with Crippen LogP contribution in [0.15, 0.2) is 41.2 Å². The number of anilines is 1. The third-order valence-corrected chi connectivity index (χ3v) is 5.07. The molecule has 1 N–H and O–H groups in total. The molecule has 3 aromatic rings. The van der Waals surface area contributed by atoms with Crippen LogP contribution in [0.3, 0.4) is 0 Å². The molecule has 1 amide bonds. The van der Waals surface area contributed by atoms with Gasteiger partial charge in [0, 0.05) is 12.7 Å². The van der Waals surface area contributed by atoms with Crippen LogP contribution in [0, 0.1) is 13.8 Å². The van der Waals surface area contributed by atoms with E-state index in [2.05, 4.69) is 5.32 Å². The van der Waals surface area contributed by atoms with Gasteiger partial charge < -0.3 is 14.6 Å². The summed E-state index contributed by atoms with van der Waals surface area (Å²) in [6.07, 6.45) is -0.634. The molecule has 0 saturated heterocycles. The molecule has 0 saturated carbocycles. The summed E-state index contributed by atoms with van der Waals surface area (Å²) in [7, 11) is 1.74. The number of amides is 1. The van der Waals surface area contributed by atoms with E-state index in [4.69, 9.17) is 4.74 Å². The molecule has 0 fully saturated rings. The topological polar surface area (TPSA) is 60.3 Å². The maximum atomic E-state index is 12.4. The van der Waals surface area contributed by atoms with E-state index in [1.165, 1.54) is 0 Å². The Morgan fingerprint density at radius 3 is 2.72 bits per heavy atom. The molecule has 130 valence electrons. The van der Waals surface area contributed by atoms with Crippen molar-refractivity contribution in [3.63, 3.8) is 0 Å². The van der Waals surface area contributed by atoms with Gasteiger partial charge in [0.1, 0.15) is 5.75 Å². The summed E-state index contributed by atoms with van der Waals surface area (Å²) in [5.74, 6) is 0.475. The molecule has 2 aromatic carbocycles. The SMILES string of the molecule is Cc1ccc(C)c(O[C@H](C)C(=O)Nc2ccc3c(c2)sc(=O)n3C)c1. The quantitative estimate of drug-likeness (QED) is 0.777. The number of aryl methyl sites for hydroxylation is 3. The number of fused-ring (bicyclic) bond motifs is 1. The van der Waals surface area contributed by atoms with E-state index in [9.17, 15) is 9.59 Å². The molecular formula is C19H20N2O3S. The molecule has 6 heteroatoms. The second kappa shape index (κ2) is 6.72. The first kappa shape index (κ1) is 17.2. The number of nitrogens with one attached hydrogen (secondary N) is 1. The van der Waals surface area contributed by atoms with Crippen molar-refractivity contribution in [1.82, 2.24) is 4.57 Å². The lowest BCUT2D eigenvalue weighted by Crippen LogP contribution is -2.30. The van der Waals surface area contributed by atoms with E-state index in [0.717, 1.165) is 32.7 Å². The molecule has 1 atom stereocenters. The van der Waals surface area contributed by atoms with Gasteiger partial charge in [-0.3, -0.25) is 9.59 Å². The van der Waals surface area contributed by atoms with Gasteiger partial charge >= 0.3 is 4.87 Å². The number of carbonyl (C=O) groups is 1. The van der Waals surface area contributed by atoms with Crippen molar-refractivity contribution >= 4 is 33.1 Å². The third kappa shape index (κ3) is 3.58. The zero-order chi connectivity index (χ0) is 18.1. The van der Waals surface area contributed by atoms with E-state index in [1.807, 2.05) is 44.2 Å². The predicted octanol–water partition coefficient (Wildman–Crippen LogP) is 3.62. The van der Waals surface area contributed by atoms with Crippen molar-refractivity contribution in [2.45, 2.75) is 26.9 Å². The lowest BCUT2D eigenvalue weighted by molar-refractivity contribution is -0.122. The fourth-order valence-corrected chi connectivity index (χ4v) is 3.45. The number of aromatic nitrogens is 1. The fraction of sp³-hybridized carbons (Fsp3) is 0.263. The zero-order valence-electron chi connectivity index (χ0n) is 14.6. The minimum absolute atomic E-state index is 0.0231. The van der Waals surface area contributed by atoms with Crippen LogP contribution in [-0.2, 0) is 11.8 Å². The van der Waals surface area contributed by atoms with Crippen LogP contribution in [0.25, 0.3) is 10.2 Å². The predicted molar refractivity (Wildman–Crippen MR) is 102 cm³/mol. The molecule has 0 aliphatic carbocycles. The summed E-state index contributed by atoms with van der Waals surface area (Å²) in [6.45, 7) is 5.65. The number of ether oxygens (including phenoxy) is 1. The largest absolute Gasteiger partial charge is 0.481 e. The first-order valence-electron chi connectivity index (χ1n) is 7.99. The molecule has 3 rings (SSSR count). The Labute approximate surface area is 149 Å². The normalized spacial score (nSPS) is 12.2. The van der Waals surface area contributed by atoms with Crippen LogP contribution in [0.1, 0.15) is 18.1 Å². The molecule has 0 radical (unpaired) electrons. The number of hydrogen-bond donors (Lipinski definition) is 1. The molecule has 0 spiro atoms. The Morgan fingerprint density at radius 1 is 1.20 bits per heavy atom. The van der Waals surface area contributed by atoms with Gasteiger partial charge in [0.05, 0.1) is 10.2 Å². The van der Waals surface area contributed by atoms with E-state index < -0.39 is 6.10 Å². The number of thiazole rings is 1. The molecule has 0 aliphatic heterocycles. The van der Waals surface area contributed by atoms with Crippen LogP contribution in [0.5, 0.6) is 5.75 Å². The second-order valence-electron chi connectivity index (χ2n) is 6.13. The summed E-state index contributed by atoms with van der Waals surface area (Å²) >= 11 is 1.16. The van der Waals surface area contributed by atoms with Crippen LogP contribution in [0.4, 0.5) is 5.69 Å². The van der Waals surface area contributed by atoms with Crippen molar-refractivity contribution in [2.75, 3.05) is 5.32 Å². The molecule has 5 nitrogen and oxygen atoms in total. The Hall–Kier alpha value is -2.60. The monoisotopic (exact) mass is 356 g/mol. The van der Waals surface area contributed by atoms with Crippen molar-refractivity contribution < 1.29 is 9.53 Å². The lowest BCUT2D eigenvalue weighted by atomic mass is 10.1. The lowest BCUT2D eigenvalue weighted by Gasteiger charge is -2.16. The summed E-state index contributed by atoms with van der Waals surface area (Å²) in [6, 6.07) is 11.3. The van der Waals surface area contributed by atoms with Crippen molar-refractivity contribution in [1.29, 1.82) is 0 Å². The van der Waals surface area contributed by atoms with Gasteiger partial charge in [-0.2, -0.15) is 0 Å². The van der Waals surface area contributed by atoms with Crippen LogP contribution in [-0.4, -0.2) is 16.6 Å². The number of carbonyl (C=O) groups excluding carboxylic acids is 1. The van der Waals surface area contributed by atoms with E-state index in [0.29, 0.717) is 11.4 Å². The first-order chi connectivity index (χ1) is 11.8. The molecule has 0 aliphatic rings. The minimum Gasteiger partial charge on any atom is -0.481 e. The van der Waals surface area contributed by atoms with E-state index >= 15 is 0 Å². The van der Waals surface area contributed by atoms with Gasteiger partial charge in [0.15, 0.2) is 6.10 Å². The minimum atomic E-state index is -0.634. The maximum absolute atomic E-state index is 12.4. The molecule has 0 bridgehead atoms. The van der Waals surface area contributed by atoms with Crippen LogP contribution < -0.4 is 14.9 Å². The Balaban J connectivity index is 1.75. The Kier molecular flexibility index (Phi) is 4.63. The standard InChI is InChI=1S/C19H20N2O3S/c1-11-5-6-12(2)16(9-11)24-13(3)18(22)20-14-7-8-15-17(10-14)25-19(23)21(15)4/h5-10,13H,1-4H3,(H,20,22)/t13-/m1/s1. The number of hydrogen-bond acceptors (Lipinski definition) is 4. The van der Waals surface area contributed by atoms with Gasteiger partial charge in [-0.05, 0) is 56.2 Å². The van der Waals surface area contributed by atoms with Gasteiger partial charge in [-0.15, -0.1) is 0 Å². The number of benzene rings is 2. The number of rotatable bonds is 4. The summed E-state index contributed by atoms with van der Waals surface area (Å²) in [4.78, 5) is 24.1. The molecular weight excluding hydrogens is 336 g/mol. The highest BCUT2D eigenvalue weighted by Gasteiger charge is 2.16. The highest BCUT2D eigenvalue weighted by molar-refractivity contribution is 7.16. The van der Waals surface area contributed by atoms with Gasteiger partial charge in [0.2, 0.25) is 0 Å².